The highest BCUT2D eigenvalue weighted by Gasteiger charge is 2.39. The van der Waals surface area contributed by atoms with Gasteiger partial charge in [0.05, 0.1) is 29.1 Å². The predicted molar refractivity (Wildman–Crippen MR) is 121 cm³/mol. The SMILES string of the molecule is CCc1nn(C[C@@H](C)COC(=O)c2cccc(C=O)c2)c2c1C(=O)NCC1(CCOCC1)C2. The monoisotopic (exact) mass is 453 g/mol. The fraction of sp³-hybridized carbons (Fsp3) is 0.520. The molecule has 1 saturated heterocycles. The van der Waals surface area contributed by atoms with Crippen molar-refractivity contribution in [2.45, 2.75) is 46.1 Å². The van der Waals surface area contributed by atoms with Gasteiger partial charge >= 0.3 is 5.97 Å². The number of fused-ring (bicyclic) bond motifs is 1. The van der Waals surface area contributed by atoms with Gasteiger partial charge in [-0.2, -0.15) is 5.10 Å². The maximum absolute atomic E-state index is 12.9. The van der Waals surface area contributed by atoms with Crippen LogP contribution in [0, 0.1) is 11.3 Å². The van der Waals surface area contributed by atoms with Crippen molar-refractivity contribution < 1.29 is 23.9 Å². The minimum atomic E-state index is -0.459. The molecule has 2 aliphatic rings. The van der Waals surface area contributed by atoms with E-state index in [0.29, 0.717) is 55.7 Å². The van der Waals surface area contributed by atoms with Crippen LogP contribution >= 0.6 is 0 Å². The van der Waals surface area contributed by atoms with Crippen LogP contribution in [0.1, 0.15) is 69.2 Å². The molecule has 8 heteroatoms. The predicted octanol–water partition coefficient (Wildman–Crippen LogP) is 2.83. The Kier molecular flexibility index (Phi) is 6.93. The number of benzene rings is 1. The van der Waals surface area contributed by atoms with Crippen molar-refractivity contribution in [3.8, 4) is 0 Å². The number of amides is 1. The fourth-order valence-corrected chi connectivity index (χ4v) is 4.71. The minimum absolute atomic E-state index is 0.00568. The summed E-state index contributed by atoms with van der Waals surface area (Å²) in [5.74, 6) is -0.515. The molecule has 1 aromatic heterocycles. The molecule has 0 radical (unpaired) electrons. The molecule has 1 atom stereocenters. The highest BCUT2D eigenvalue weighted by Crippen LogP contribution is 2.37. The molecule has 0 aliphatic carbocycles. The Bertz CT molecular complexity index is 1040. The Morgan fingerprint density at radius 2 is 2.15 bits per heavy atom. The van der Waals surface area contributed by atoms with Gasteiger partial charge in [-0.15, -0.1) is 0 Å². The van der Waals surface area contributed by atoms with Crippen molar-refractivity contribution in [1.82, 2.24) is 15.1 Å². The standard InChI is InChI=1S/C25H31N3O5/c1-3-20-22-21(12-25(16-26-23(22)30)7-9-32-10-8-25)28(27-20)13-17(2)15-33-24(31)19-6-4-5-18(11-19)14-29/h4-6,11,14,17H,3,7-10,12-13,15-16H2,1-2H3,(H,26,30)/t17-/m1/s1. The number of rotatable bonds is 7. The van der Waals surface area contributed by atoms with E-state index in [4.69, 9.17) is 14.6 Å². The first-order chi connectivity index (χ1) is 15.9. The van der Waals surface area contributed by atoms with Gasteiger partial charge in [-0.25, -0.2) is 4.79 Å². The van der Waals surface area contributed by atoms with Crippen LogP contribution in [0.3, 0.4) is 0 Å². The molecule has 176 valence electrons. The first kappa shape index (κ1) is 23.2. The van der Waals surface area contributed by atoms with Crippen LogP contribution in [-0.2, 0) is 28.9 Å². The van der Waals surface area contributed by atoms with E-state index in [9.17, 15) is 14.4 Å². The maximum atomic E-state index is 12.9. The molecule has 8 nitrogen and oxygen atoms in total. The van der Waals surface area contributed by atoms with Gasteiger partial charge in [0.2, 0.25) is 0 Å². The van der Waals surface area contributed by atoms with E-state index in [1.165, 1.54) is 6.07 Å². The van der Waals surface area contributed by atoms with E-state index in [0.717, 1.165) is 30.7 Å². The average Bonchev–Trinajstić information content (AvgIpc) is 3.10. The molecule has 1 N–H and O–H groups in total. The lowest BCUT2D eigenvalue weighted by Crippen LogP contribution is -2.41. The summed E-state index contributed by atoms with van der Waals surface area (Å²) in [6.07, 6.45) is 3.98. The van der Waals surface area contributed by atoms with Crippen LogP contribution < -0.4 is 5.32 Å². The molecule has 2 aromatic rings. The Hall–Kier alpha value is -3.00. The molecule has 1 amide bonds. The molecule has 1 aromatic carbocycles. The Morgan fingerprint density at radius 1 is 1.36 bits per heavy atom. The van der Waals surface area contributed by atoms with Gasteiger partial charge in [-0.1, -0.05) is 26.0 Å². The summed E-state index contributed by atoms with van der Waals surface area (Å²) >= 11 is 0. The first-order valence-corrected chi connectivity index (χ1v) is 11.6. The Morgan fingerprint density at radius 3 is 2.88 bits per heavy atom. The average molecular weight is 454 g/mol. The van der Waals surface area contributed by atoms with Gasteiger partial charge in [-0.05, 0) is 43.2 Å². The van der Waals surface area contributed by atoms with Crippen LogP contribution in [0.15, 0.2) is 24.3 Å². The number of aldehydes is 1. The summed E-state index contributed by atoms with van der Waals surface area (Å²) in [6.45, 7) is 6.83. The van der Waals surface area contributed by atoms with Crippen molar-refractivity contribution in [2.75, 3.05) is 26.4 Å². The third kappa shape index (κ3) is 5.00. The van der Waals surface area contributed by atoms with Gasteiger partial charge in [0, 0.05) is 37.8 Å². The van der Waals surface area contributed by atoms with Crippen LogP contribution in [0.25, 0.3) is 0 Å². The Balaban J connectivity index is 1.49. The molecular weight excluding hydrogens is 422 g/mol. The van der Waals surface area contributed by atoms with E-state index in [1.807, 2.05) is 18.5 Å². The number of aromatic nitrogens is 2. The molecule has 0 unspecified atom stereocenters. The second-order valence-corrected chi connectivity index (χ2v) is 9.22. The summed E-state index contributed by atoms with van der Waals surface area (Å²) in [5, 5.41) is 7.90. The summed E-state index contributed by atoms with van der Waals surface area (Å²) in [4.78, 5) is 36.3. The number of aryl methyl sites for hydroxylation is 1. The number of carbonyl (C=O) groups excluding carboxylic acids is 3. The summed E-state index contributed by atoms with van der Waals surface area (Å²) in [5.41, 5.74) is 3.26. The minimum Gasteiger partial charge on any atom is -0.462 e. The van der Waals surface area contributed by atoms with Crippen LogP contribution in [-0.4, -0.2) is 54.3 Å². The highest BCUT2D eigenvalue weighted by atomic mass is 16.5. The maximum Gasteiger partial charge on any atom is 0.338 e. The van der Waals surface area contributed by atoms with E-state index in [2.05, 4.69) is 5.32 Å². The van der Waals surface area contributed by atoms with E-state index < -0.39 is 5.97 Å². The summed E-state index contributed by atoms with van der Waals surface area (Å²) in [6, 6.07) is 6.45. The highest BCUT2D eigenvalue weighted by molar-refractivity contribution is 5.97. The molecule has 33 heavy (non-hydrogen) atoms. The Labute approximate surface area is 193 Å². The molecule has 1 spiro atoms. The van der Waals surface area contributed by atoms with Gasteiger partial charge in [-0.3, -0.25) is 14.3 Å². The van der Waals surface area contributed by atoms with Crippen molar-refractivity contribution in [2.24, 2.45) is 11.3 Å². The molecule has 0 saturated carbocycles. The topological polar surface area (TPSA) is 99.5 Å². The van der Waals surface area contributed by atoms with Gasteiger partial charge in [0.15, 0.2) is 0 Å². The quantitative estimate of drug-likeness (QED) is 0.511. The lowest BCUT2D eigenvalue weighted by molar-refractivity contribution is 0.0151. The number of esters is 1. The second-order valence-electron chi connectivity index (χ2n) is 9.22. The van der Waals surface area contributed by atoms with Crippen LogP contribution in [0.5, 0.6) is 0 Å². The summed E-state index contributed by atoms with van der Waals surface area (Å²) in [7, 11) is 0. The van der Waals surface area contributed by atoms with Crippen molar-refractivity contribution >= 4 is 18.2 Å². The van der Waals surface area contributed by atoms with Crippen LogP contribution in [0.4, 0.5) is 0 Å². The third-order valence-corrected chi connectivity index (χ3v) is 6.65. The molecule has 3 heterocycles. The van der Waals surface area contributed by atoms with E-state index >= 15 is 0 Å². The second kappa shape index (κ2) is 9.87. The zero-order chi connectivity index (χ0) is 23.4. The van der Waals surface area contributed by atoms with Gasteiger partial charge in [0.25, 0.3) is 5.91 Å². The number of nitrogens with zero attached hydrogens (tertiary/aromatic N) is 2. The number of nitrogens with one attached hydrogen (secondary N) is 1. The first-order valence-electron chi connectivity index (χ1n) is 11.6. The summed E-state index contributed by atoms with van der Waals surface area (Å²) < 4.78 is 13.0. The molecule has 2 aliphatic heterocycles. The van der Waals surface area contributed by atoms with E-state index in [1.54, 1.807) is 18.2 Å². The molecule has 4 rings (SSSR count). The third-order valence-electron chi connectivity index (χ3n) is 6.65. The lowest BCUT2D eigenvalue weighted by Gasteiger charge is -2.36. The number of ether oxygens (including phenoxy) is 2. The normalized spacial score (nSPS) is 18.2. The number of hydrogen-bond acceptors (Lipinski definition) is 6. The van der Waals surface area contributed by atoms with E-state index in [-0.39, 0.29) is 23.8 Å². The zero-order valence-electron chi connectivity index (χ0n) is 19.3. The fourth-order valence-electron chi connectivity index (χ4n) is 4.71. The van der Waals surface area contributed by atoms with Crippen LogP contribution in [0.2, 0.25) is 0 Å². The van der Waals surface area contributed by atoms with Crippen molar-refractivity contribution in [3.05, 3.63) is 52.3 Å². The van der Waals surface area contributed by atoms with Crippen molar-refractivity contribution in [1.29, 1.82) is 0 Å². The largest absolute Gasteiger partial charge is 0.462 e. The smallest absolute Gasteiger partial charge is 0.338 e. The number of hydrogen-bond donors (Lipinski definition) is 1. The molecule has 0 bridgehead atoms. The number of carbonyl (C=O) groups is 3. The molecule has 1 fully saturated rings. The van der Waals surface area contributed by atoms with Gasteiger partial charge in [0.1, 0.15) is 6.29 Å². The lowest BCUT2D eigenvalue weighted by atomic mass is 9.76. The zero-order valence-corrected chi connectivity index (χ0v) is 19.3. The molecular formula is C25H31N3O5. The van der Waals surface area contributed by atoms with Gasteiger partial charge < -0.3 is 14.8 Å². The van der Waals surface area contributed by atoms with Crippen molar-refractivity contribution in [3.63, 3.8) is 0 Å².